The van der Waals surface area contributed by atoms with Gasteiger partial charge in [-0.3, -0.25) is 0 Å². The molecule has 1 rings (SSSR count). The Morgan fingerprint density at radius 3 is 0.367 bits per heavy atom. The second-order valence-corrected chi connectivity index (χ2v) is 42.3. The third-order valence-electron chi connectivity index (χ3n) is 12.6. The zero-order valence-electron chi connectivity index (χ0n) is 58.9. The molecule has 0 atom stereocenters. The Labute approximate surface area is 551 Å². The summed E-state index contributed by atoms with van der Waals surface area (Å²) in [5.41, 5.74) is 0. The smallest absolute Gasteiger partial charge is 0.374 e. The molecular formula is C54H126N3O24P3Si6. The second-order valence-electron chi connectivity index (χ2n) is 19.3. The lowest BCUT2D eigenvalue weighted by Crippen LogP contribution is -2.46. The molecule has 0 aromatic heterocycles. The summed E-state index contributed by atoms with van der Waals surface area (Å²) in [5, 5.41) is 0. The van der Waals surface area contributed by atoms with Crippen LogP contribution in [0.25, 0.3) is 0 Å². The fraction of sp³-hybridized carbons (Fsp3) is 1.00. The maximum absolute atomic E-state index is 7.20. The molecule has 36 heteroatoms. The van der Waals surface area contributed by atoms with Gasteiger partial charge < -0.3 is 107 Å². The molecule has 0 saturated heterocycles. The molecule has 0 unspecified atom stereocenters. The number of rotatable bonds is 66. The lowest BCUT2D eigenvalue weighted by Gasteiger charge is -2.35. The van der Waals surface area contributed by atoms with E-state index in [1.807, 2.05) is 125 Å². The Morgan fingerprint density at radius 2 is 0.278 bits per heavy atom. The quantitative estimate of drug-likeness (QED) is 0.0311. The van der Waals surface area contributed by atoms with E-state index in [1.54, 1.807) is 0 Å². The Kier molecular flexibility index (Phi) is 50.7. The normalized spacial score (nSPS) is 15.5. The van der Waals surface area contributed by atoms with Crippen molar-refractivity contribution in [2.24, 2.45) is 13.5 Å². The van der Waals surface area contributed by atoms with E-state index in [4.69, 9.17) is 120 Å². The SMILES string of the molecule is CCO[Si](CCCOP1(OCCC[Si](OCC)(OCC)OCC)=NP(OCCC[Si](OCC)(OCC)OCC)(OCCC[Si](OCC)(OCC)OCC)=NP(OCCC[Si](OCC)(OCC)OCC)(OCCC[Si](OCC)(OCC)OCC)=N1)(OCC)OCC. The maximum Gasteiger partial charge on any atom is 0.501 e. The highest BCUT2D eigenvalue weighted by molar-refractivity contribution is 7.78. The molecule has 0 aliphatic carbocycles. The van der Waals surface area contributed by atoms with Crippen molar-refractivity contribution in [2.75, 3.05) is 159 Å². The molecule has 1 heterocycles. The van der Waals surface area contributed by atoms with Crippen LogP contribution in [0.4, 0.5) is 0 Å². The summed E-state index contributed by atoms with van der Waals surface area (Å²) in [6, 6.07) is 2.53. The first kappa shape index (κ1) is 89.0. The molecule has 0 N–H and O–H groups in total. The van der Waals surface area contributed by atoms with Crippen LogP contribution in [0.3, 0.4) is 0 Å². The van der Waals surface area contributed by atoms with Crippen molar-refractivity contribution < 1.29 is 107 Å². The van der Waals surface area contributed by atoms with Crippen LogP contribution < -0.4 is 0 Å². The molecule has 0 radical (unpaired) electrons. The van der Waals surface area contributed by atoms with Gasteiger partial charge in [0.25, 0.3) is 0 Å². The highest BCUT2D eigenvalue weighted by Crippen LogP contribution is 2.80. The van der Waals surface area contributed by atoms with Gasteiger partial charge in [0.2, 0.25) is 0 Å². The van der Waals surface area contributed by atoms with Crippen LogP contribution in [0.2, 0.25) is 36.3 Å². The average Bonchev–Trinajstić information content (AvgIpc) is 0.755. The summed E-state index contributed by atoms with van der Waals surface area (Å²) in [5.74, 6) is 0. The summed E-state index contributed by atoms with van der Waals surface area (Å²) < 4.78 is 174. The Balaban J connectivity index is 4.79. The zero-order chi connectivity index (χ0) is 67.0. The molecule has 0 spiro atoms. The van der Waals surface area contributed by atoms with Crippen LogP contribution in [0.1, 0.15) is 163 Å². The summed E-state index contributed by atoms with van der Waals surface area (Å²) in [6.45, 7) is 42.3. The number of hydrogen-bond donors (Lipinski definition) is 0. The maximum atomic E-state index is 7.20. The van der Waals surface area contributed by atoms with E-state index in [2.05, 4.69) is 0 Å². The van der Waals surface area contributed by atoms with E-state index < -0.39 is 75.8 Å². The van der Waals surface area contributed by atoms with Crippen molar-refractivity contribution in [1.82, 2.24) is 0 Å². The van der Waals surface area contributed by atoms with E-state index in [9.17, 15) is 0 Å². The Morgan fingerprint density at radius 1 is 0.178 bits per heavy atom. The molecule has 0 bridgehead atoms. The summed E-state index contributed by atoms with van der Waals surface area (Å²) in [7, 11) is -31.3. The first-order valence-corrected chi connectivity index (χ1v) is 49.9. The average molecular weight is 1460 g/mol. The van der Waals surface area contributed by atoms with Gasteiger partial charge in [0.15, 0.2) is 0 Å². The lowest BCUT2D eigenvalue weighted by molar-refractivity contribution is 0.0683. The highest BCUT2D eigenvalue weighted by atomic mass is 31.3. The van der Waals surface area contributed by atoms with Gasteiger partial charge in [0.1, 0.15) is 0 Å². The monoisotopic (exact) mass is 1460 g/mol. The van der Waals surface area contributed by atoms with E-state index in [-0.39, 0.29) is 39.6 Å². The third kappa shape index (κ3) is 32.8. The van der Waals surface area contributed by atoms with Crippen LogP contribution in [-0.2, 0) is 107 Å². The summed E-state index contributed by atoms with van der Waals surface area (Å²) in [6.07, 6.45) is 2.45. The lowest BCUT2D eigenvalue weighted by atomic mass is 10.5. The fourth-order valence-corrected chi connectivity index (χ4v) is 35.0. The number of nitrogens with zero attached hydrogens (tertiary/aromatic N) is 3. The molecule has 1 aliphatic heterocycles. The van der Waals surface area contributed by atoms with Crippen LogP contribution in [-0.4, -0.2) is 211 Å². The minimum absolute atomic E-state index is 0.0606. The molecule has 0 amide bonds. The van der Waals surface area contributed by atoms with Gasteiger partial charge in [-0.2, -0.15) is 0 Å². The predicted molar refractivity (Wildman–Crippen MR) is 364 cm³/mol. The molecule has 0 fully saturated rings. The van der Waals surface area contributed by atoms with Crippen molar-refractivity contribution in [3.05, 3.63) is 0 Å². The van der Waals surface area contributed by atoms with Gasteiger partial charge in [-0.25, -0.2) is 0 Å². The topological polar surface area (TPSA) is 259 Å². The first-order valence-electron chi connectivity index (χ1n) is 33.7. The molecule has 0 aromatic carbocycles. The standard InChI is InChI=1S/C54H126N3O24P3Si6/c1-19-64-85(65-20-2,66-21-3)49-37-43-58-82(59-44-38-50-86(67-22-4,68-23-5)69-24-6)55-83(60-45-39-51-87(70-25-7,71-26-8)72-27-9,61-46-40-52-88(73-28-10,74-29-11)75-30-12)57-84(56-82,62-47-41-53-89(76-31-13,77-32-14)78-33-15)63-48-42-54-90(79-34-16,80-35-17)81-36-18/h19-54H2,1-18H3. The molecular weight excluding hydrogens is 1340 g/mol. The molecule has 1 aliphatic rings. The van der Waals surface area contributed by atoms with Gasteiger partial charge in [0.05, 0.1) is 39.6 Å². The van der Waals surface area contributed by atoms with Gasteiger partial charge in [0, 0.05) is 155 Å². The minimum atomic E-state index is -4.06. The van der Waals surface area contributed by atoms with Crippen LogP contribution in [0.15, 0.2) is 13.5 Å². The molecule has 0 aromatic rings. The predicted octanol–water partition coefficient (Wildman–Crippen LogP) is 14.6. The second kappa shape index (κ2) is 51.2. The van der Waals surface area contributed by atoms with Gasteiger partial charge in [-0.05, 0) is 163 Å². The van der Waals surface area contributed by atoms with Crippen LogP contribution in [0, 0.1) is 0 Å². The van der Waals surface area contributed by atoms with Crippen molar-refractivity contribution in [3.8, 4) is 0 Å². The number of hydrogen-bond acceptors (Lipinski definition) is 27. The van der Waals surface area contributed by atoms with Gasteiger partial charge in [-0.15, -0.1) is 13.5 Å². The van der Waals surface area contributed by atoms with Crippen LogP contribution >= 0.6 is 23.0 Å². The molecule has 540 valence electrons. The van der Waals surface area contributed by atoms with E-state index >= 15 is 0 Å². The van der Waals surface area contributed by atoms with Crippen molar-refractivity contribution in [3.63, 3.8) is 0 Å². The van der Waals surface area contributed by atoms with E-state index in [1.165, 1.54) is 0 Å². The van der Waals surface area contributed by atoms with Crippen molar-refractivity contribution >= 4 is 75.8 Å². The Bertz CT molecular complexity index is 1520. The first-order chi connectivity index (χ1) is 43.5. The van der Waals surface area contributed by atoms with Gasteiger partial charge in [-0.1, -0.05) is 0 Å². The van der Waals surface area contributed by atoms with Crippen molar-refractivity contribution in [1.29, 1.82) is 0 Å². The van der Waals surface area contributed by atoms with Crippen molar-refractivity contribution in [2.45, 2.75) is 199 Å². The Hall–Kier alpha value is 1.03. The fourth-order valence-electron chi connectivity index (χ4n) is 9.74. The summed E-state index contributed by atoms with van der Waals surface area (Å²) in [4.78, 5) is 0. The minimum Gasteiger partial charge on any atom is -0.374 e. The molecule has 90 heavy (non-hydrogen) atoms. The molecule has 0 saturated carbocycles. The zero-order valence-corrected chi connectivity index (χ0v) is 67.6. The highest BCUT2D eigenvalue weighted by Gasteiger charge is 2.49. The van der Waals surface area contributed by atoms with E-state index in [0.29, 0.717) is 194 Å². The third-order valence-corrected chi connectivity index (χ3v) is 40.0. The van der Waals surface area contributed by atoms with Gasteiger partial charge >= 0.3 is 75.8 Å². The summed E-state index contributed by atoms with van der Waals surface area (Å²) >= 11 is 0. The molecule has 27 nitrogen and oxygen atoms in total. The van der Waals surface area contributed by atoms with E-state index in [0.717, 1.165) is 0 Å². The van der Waals surface area contributed by atoms with Crippen LogP contribution in [0.5, 0.6) is 0 Å². The largest absolute Gasteiger partial charge is 0.501 e.